The smallest absolute Gasteiger partial charge is 0.328 e. The number of amides is 1. The van der Waals surface area contributed by atoms with Crippen LogP contribution in [-0.2, 0) is 25.6 Å². The van der Waals surface area contributed by atoms with E-state index >= 15 is 0 Å². The predicted molar refractivity (Wildman–Crippen MR) is 147 cm³/mol. The molecule has 11 nitrogen and oxygen atoms in total. The Hall–Kier alpha value is -3.02. The molecule has 1 aliphatic carbocycles. The first-order chi connectivity index (χ1) is 19.1. The number of allylic oxidation sites excluding steroid dienone is 2. The minimum absolute atomic E-state index is 0.0767. The van der Waals surface area contributed by atoms with Gasteiger partial charge in [-0.3, -0.25) is 4.79 Å². The quantitative estimate of drug-likeness (QED) is 0.0689. The molecular formula is C29H44N2O9. The van der Waals surface area contributed by atoms with Crippen molar-refractivity contribution in [3.8, 4) is 0 Å². The van der Waals surface area contributed by atoms with Crippen molar-refractivity contribution in [1.29, 1.82) is 0 Å². The number of aryl methyl sites for hydroxylation is 1. The molecule has 1 aromatic rings. The standard InChI is InChI=1S/C29H44N2O9/c1-20(40-31(37)38)19-39-29(36)21(2)30-28(35)13-9-4-3-8-12-24-25(27(34)18-26(24)33)17-16-23(32)15-14-22-10-6-5-7-11-22/h3,5-8,10-11,20-21,23-27,32-34H,4,9,12-19H2,1-2H3,(H,30,35)/b8-3-/t20?,21?,23-,24+,25+,26-,27+/m0/s1. The summed E-state index contributed by atoms with van der Waals surface area (Å²) in [4.78, 5) is 38.6. The Morgan fingerprint density at radius 1 is 1.12 bits per heavy atom. The van der Waals surface area contributed by atoms with E-state index in [4.69, 9.17) is 4.74 Å². The molecular weight excluding hydrogens is 520 g/mol. The summed E-state index contributed by atoms with van der Waals surface area (Å²) in [6.07, 6.45) is 6.41. The molecule has 224 valence electrons. The van der Waals surface area contributed by atoms with Gasteiger partial charge in [-0.05, 0) is 82.6 Å². The molecule has 0 heterocycles. The van der Waals surface area contributed by atoms with Gasteiger partial charge >= 0.3 is 5.97 Å². The van der Waals surface area contributed by atoms with Crippen molar-refractivity contribution in [2.75, 3.05) is 6.61 Å². The number of esters is 1. The summed E-state index contributed by atoms with van der Waals surface area (Å²) in [5, 5.41) is 43.3. The molecule has 1 aromatic carbocycles. The van der Waals surface area contributed by atoms with Gasteiger partial charge in [0.15, 0.2) is 0 Å². The third-order valence-corrected chi connectivity index (χ3v) is 7.27. The lowest BCUT2D eigenvalue weighted by atomic mass is 9.85. The molecule has 0 radical (unpaired) electrons. The van der Waals surface area contributed by atoms with Crippen LogP contribution in [0.25, 0.3) is 0 Å². The number of nitrogens with zero attached hydrogens (tertiary/aromatic N) is 1. The topological polar surface area (TPSA) is 168 Å². The van der Waals surface area contributed by atoms with Crippen LogP contribution in [0.5, 0.6) is 0 Å². The Labute approximate surface area is 235 Å². The summed E-state index contributed by atoms with van der Waals surface area (Å²) < 4.78 is 4.91. The van der Waals surface area contributed by atoms with Crippen LogP contribution < -0.4 is 5.32 Å². The zero-order chi connectivity index (χ0) is 29.5. The van der Waals surface area contributed by atoms with Crippen LogP contribution in [-0.4, -0.2) is 69.3 Å². The third-order valence-electron chi connectivity index (χ3n) is 7.27. The summed E-state index contributed by atoms with van der Waals surface area (Å²) in [5.74, 6) is -1.18. The molecule has 40 heavy (non-hydrogen) atoms. The van der Waals surface area contributed by atoms with Gasteiger partial charge < -0.3 is 30.2 Å². The van der Waals surface area contributed by atoms with Crippen LogP contribution in [0.15, 0.2) is 42.5 Å². The number of aliphatic hydroxyl groups is 3. The molecule has 2 unspecified atom stereocenters. The average Bonchev–Trinajstić information content (AvgIpc) is 3.18. The number of hydrogen-bond donors (Lipinski definition) is 4. The molecule has 0 bridgehead atoms. The number of ether oxygens (including phenoxy) is 1. The molecule has 1 amide bonds. The van der Waals surface area contributed by atoms with Gasteiger partial charge in [-0.15, -0.1) is 10.1 Å². The summed E-state index contributed by atoms with van der Waals surface area (Å²) in [7, 11) is 0. The molecule has 0 saturated heterocycles. The first-order valence-electron chi connectivity index (χ1n) is 14.1. The molecule has 2 rings (SSSR count). The van der Waals surface area contributed by atoms with Crippen molar-refractivity contribution in [1.82, 2.24) is 5.32 Å². The zero-order valence-electron chi connectivity index (χ0n) is 23.4. The van der Waals surface area contributed by atoms with Gasteiger partial charge in [-0.2, -0.15) is 0 Å². The molecule has 0 aliphatic heterocycles. The molecule has 4 N–H and O–H groups in total. The second-order valence-corrected chi connectivity index (χ2v) is 10.6. The molecule has 11 heteroatoms. The Balaban J connectivity index is 1.64. The fraction of sp³-hybridized carbons (Fsp3) is 0.655. The highest BCUT2D eigenvalue weighted by molar-refractivity contribution is 5.84. The van der Waals surface area contributed by atoms with E-state index in [0.29, 0.717) is 44.9 Å². The molecule has 1 saturated carbocycles. The summed E-state index contributed by atoms with van der Waals surface area (Å²) in [6.45, 7) is 2.56. The SMILES string of the molecule is CC(COC(=O)C(C)NC(=O)CCC/C=C\C[C@@H]1[C@@H](CC[C@@H](O)CCc2ccccc2)[C@H](O)C[C@@H]1O)O[N+](=O)[O-]. The first-order valence-corrected chi connectivity index (χ1v) is 14.1. The van der Waals surface area contributed by atoms with E-state index in [1.54, 1.807) is 0 Å². The zero-order valence-corrected chi connectivity index (χ0v) is 23.4. The van der Waals surface area contributed by atoms with Gasteiger partial charge in [0.05, 0.1) is 18.3 Å². The van der Waals surface area contributed by atoms with Crippen molar-refractivity contribution in [3.63, 3.8) is 0 Å². The summed E-state index contributed by atoms with van der Waals surface area (Å²) >= 11 is 0. The van der Waals surface area contributed by atoms with Gasteiger partial charge in [0.2, 0.25) is 5.91 Å². The largest absolute Gasteiger partial charge is 0.462 e. The number of rotatable bonds is 18. The minimum Gasteiger partial charge on any atom is -0.462 e. The fourth-order valence-electron chi connectivity index (χ4n) is 5.04. The van der Waals surface area contributed by atoms with Gasteiger partial charge in [0.1, 0.15) is 18.8 Å². The number of carbonyl (C=O) groups excluding carboxylic acids is 2. The highest BCUT2D eigenvalue weighted by atomic mass is 17.0. The minimum atomic E-state index is -0.962. The van der Waals surface area contributed by atoms with Gasteiger partial charge in [0.25, 0.3) is 5.09 Å². The van der Waals surface area contributed by atoms with E-state index in [2.05, 4.69) is 10.2 Å². The number of hydrogen-bond acceptors (Lipinski definition) is 9. The Kier molecular flexibility index (Phi) is 14.6. The molecule has 0 aromatic heterocycles. The van der Waals surface area contributed by atoms with E-state index in [0.717, 1.165) is 6.42 Å². The van der Waals surface area contributed by atoms with Crippen molar-refractivity contribution in [2.24, 2.45) is 11.8 Å². The van der Waals surface area contributed by atoms with Crippen LogP contribution in [0.4, 0.5) is 0 Å². The monoisotopic (exact) mass is 564 g/mol. The Morgan fingerprint density at radius 2 is 1.82 bits per heavy atom. The highest BCUT2D eigenvalue weighted by Crippen LogP contribution is 2.38. The molecule has 0 spiro atoms. The summed E-state index contributed by atoms with van der Waals surface area (Å²) in [6, 6.07) is 9.11. The number of benzene rings is 1. The number of nitrogens with one attached hydrogen (secondary N) is 1. The van der Waals surface area contributed by atoms with E-state index in [9.17, 15) is 35.0 Å². The Morgan fingerprint density at radius 3 is 2.52 bits per heavy atom. The molecule has 1 aliphatic rings. The number of carbonyl (C=O) groups is 2. The normalized spacial score (nSPS) is 22.9. The van der Waals surface area contributed by atoms with E-state index < -0.39 is 41.5 Å². The highest BCUT2D eigenvalue weighted by Gasteiger charge is 2.40. The predicted octanol–water partition coefficient (Wildman–Crippen LogP) is 2.88. The molecule has 7 atom stereocenters. The van der Waals surface area contributed by atoms with Crippen LogP contribution >= 0.6 is 0 Å². The van der Waals surface area contributed by atoms with E-state index in [1.165, 1.54) is 19.4 Å². The second-order valence-electron chi connectivity index (χ2n) is 10.6. The maximum Gasteiger partial charge on any atom is 0.328 e. The molecule has 1 fully saturated rings. The Bertz CT molecular complexity index is 943. The van der Waals surface area contributed by atoms with Crippen LogP contribution in [0, 0.1) is 22.0 Å². The van der Waals surface area contributed by atoms with Crippen LogP contribution in [0.2, 0.25) is 0 Å². The van der Waals surface area contributed by atoms with Crippen molar-refractivity contribution in [3.05, 3.63) is 58.2 Å². The van der Waals surface area contributed by atoms with Crippen molar-refractivity contribution < 1.29 is 39.6 Å². The van der Waals surface area contributed by atoms with Gasteiger partial charge in [-0.1, -0.05) is 42.5 Å². The average molecular weight is 565 g/mol. The first kappa shape index (κ1) is 33.2. The van der Waals surface area contributed by atoms with E-state index in [-0.39, 0.29) is 30.8 Å². The number of aliphatic hydroxyl groups excluding tert-OH is 3. The maximum absolute atomic E-state index is 12.1. The number of unbranched alkanes of at least 4 members (excludes halogenated alkanes) is 1. The van der Waals surface area contributed by atoms with E-state index in [1.807, 2.05) is 42.5 Å². The van der Waals surface area contributed by atoms with Crippen LogP contribution in [0.1, 0.15) is 70.8 Å². The maximum atomic E-state index is 12.1. The second kappa shape index (κ2) is 17.6. The lowest BCUT2D eigenvalue weighted by Gasteiger charge is -2.23. The lowest BCUT2D eigenvalue weighted by Crippen LogP contribution is -2.40. The fourth-order valence-corrected chi connectivity index (χ4v) is 5.04. The third kappa shape index (κ3) is 12.4. The van der Waals surface area contributed by atoms with Crippen molar-refractivity contribution in [2.45, 2.75) is 102 Å². The van der Waals surface area contributed by atoms with Gasteiger partial charge in [-0.25, -0.2) is 4.79 Å². The lowest BCUT2D eigenvalue weighted by molar-refractivity contribution is -0.767. The van der Waals surface area contributed by atoms with Crippen molar-refractivity contribution >= 4 is 11.9 Å². The van der Waals surface area contributed by atoms with Crippen LogP contribution in [0.3, 0.4) is 0 Å². The summed E-state index contributed by atoms with van der Waals surface area (Å²) in [5.41, 5.74) is 1.18. The van der Waals surface area contributed by atoms with Gasteiger partial charge in [0, 0.05) is 6.42 Å².